The summed E-state index contributed by atoms with van der Waals surface area (Å²) in [4.78, 5) is 2.28. The summed E-state index contributed by atoms with van der Waals surface area (Å²) in [6.45, 7) is 2.83. The quantitative estimate of drug-likeness (QED) is 0.712. The Morgan fingerprint density at radius 3 is 2.75 bits per heavy atom. The van der Waals surface area contributed by atoms with Gasteiger partial charge >= 0.3 is 0 Å². The third-order valence-electron chi connectivity index (χ3n) is 3.69. The summed E-state index contributed by atoms with van der Waals surface area (Å²) in [5.74, 6) is 5.76. The molecule has 1 aliphatic heterocycles. The first-order chi connectivity index (χ1) is 9.75. The fraction of sp³-hybridized carbons (Fsp3) is 0.222. The number of nitrogens with zero attached hydrogens (tertiary/aromatic N) is 1. The average Bonchev–Trinajstić information content (AvgIpc) is 2.77. The van der Waals surface area contributed by atoms with Crippen LogP contribution in [-0.4, -0.2) is 12.6 Å². The maximum Gasteiger partial charge on any atom is 0.138 e. The number of fused-ring (bicyclic) bond motifs is 1. The molecule has 100 valence electrons. The zero-order chi connectivity index (χ0) is 13.9. The van der Waals surface area contributed by atoms with Crippen molar-refractivity contribution in [2.45, 2.75) is 19.4 Å². The fourth-order valence-electron chi connectivity index (χ4n) is 2.65. The maximum absolute atomic E-state index is 13.5. The van der Waals surface area contributed by atoms with Crippen LogP contribution >= 0.6 is 0 Å². The van der Waals surface area contributed by atoms with Crippen LogP contribution in [0.2, 0.25) is 0 Å². The van der Waals surface area contributed by atoms with Gasteiger partial charge in [-0.2, -0.15) is 0 Å². The summed E-state index contributed by atoms with van der Waals surface area (Å²) < 4.78 is 13.5. The smallest absolute Gasteiger partial charge is 0.138 e. The Hall–Kier alpha value is -2.27. The van der Waals surface area contributed by atoms with Crippen molar-refractivity contribution in [1.82, 2.24) is 0 Å². The van der Waals surface area contributed by atoms with E-state index in [1.165, 1.54) is 17.3 Å². The van der Waals surface area contributed by atoms with Gasteiger partial charge in [0.15, 0.2) is 0 Å². The van der Waals surface area contributed by atoms with Crippen molar-refractivity contribution in [2.75, 3.05) is 11.4 Å². The molecule has 0 amide bonds. The molecule has 0 aromatic heterocycles. The Bertz CT molecular complexity index is 681. The van der Waals surface area contributed by atoms with E-state index >= 15 is 0 Å². The van der Waals surface area contributed by atoms with Crippen molar-refractivity contribution >= 4 is 5.69 Å². The van der Waals surface area contributed by atoms with Crippen molar-refractivity contribution in [1.29, 1.82) is 0 Å². The average molecular weight is 265 g/mol. The molecule has 1 aliphatic rings. The number of anilines is 1. The molecule has 20 heavy (non-hydrogen) atoms. The summed E-state index contributed by atoms with van der Waals surface area (Å²) in [7, 11) is 0. The Morgan fingerprint density at radius 2 is 1.90 bits per heavy atom. The Kier molecular flexibility index (Phi) is 3.43. The molecule has 0 radical (unpaired) electrons. The van der Waals surface area contributed by atoms with Crippen LogP contribution in [0.4, 0.5) is 10.1 Å². The van der Waals surface area contributed by atoms with Crippen LogP contribution in [-0.2, 0) is 6.42 Å². The second kappa shape index (κ2) is 5.38. The van der Waals surface area contributed by atoms with E-state index in [4.69, 9.17) is 0 Å². The van der Waals surface area contributed by atoms with Gasteiger partial charge in [0.25, 0.3) is 0 Å². The second-order valence-electron chi connectivity index (χ2n) is 5.09. The molecule has 3 rings (SSSR count). The molecule has 1 nitrogen and oxygen atoms in total. The number of hydrogen-bond donors (Lipinski definition) is 0. The van der Waals surface area contributed by atoms with Crippen LogP contribution in [0.3, 0.4) is 0 Å². The van der Waals surface area contributed by atoms with Crippen LogP contribution in [0.15, 0.2) is 48.5 Å². The zero-order valence-electron chi connectivity index (χ0n) is 11.4. The highest BCUT2D eigenvalue weighted by molar-refractivity contribution is 5.60. The number of hydrogen-bond acceptors (Lipinski definition) is 1. The highest BCUT2D eigenvalue weighted by Crippen LogP contribution is 2.31. The molecule has 1 atom stereocenters. The maximum atomic E-state index is 13.5. The molecule has 1 heterocycles. The topological polar surface area (TPSA) is 3.24 Å². The lowest BCUT2D eigenvalue weighted by molar-refractivity contribution is 0.624. The molecular formula is C18H16FN. The summed E-state index contributed by atoms with van der Waals surface area (Å²) in [6.07, 6.45) is 1.05. The number of para-hydroxylation sites is 1. The summed E-state index contributed by atoms with van der Waals surface area (Å²) in [5, 5.41) is 0. The largest absolute Gasteiger partial charge is 0.357 e. The van der Waals surface area contributed by atoms with Gasteiger partial charge in [-0.15, -0.1) is 0 Å². The van der Waals surface area contributed by atoms with Crippen molar-refractivity contribution in [3.8, 4) is 11.8 Å². The number of benzene rings is 2. The first kappa shape index (κ1) is 12.7. The molecule has 2 heteroatoms. The number of rotatable bonds is 1. The van der Waals surface area contributed by atoms with Gasteiger partial charge in [0, 0.05) is 11.7 Å². The summed E-state index contributed by atoms with van der Waals surface area (Å²) in [6, 6.07) is 15.5. The highest BCUT2D eigenvalue weighted by Gasteiger charge is 2.24. The lowest BCUT2D eigenvalue weighted by Gasteiger charge is -2.21. The molecule has 0 saturated carbocycles. The van der Waals surface area contributed by atoms with Crippen LogP contribution in [0.1, 0.15) is 18.1 Å². The molecule has 0 N–H and O–H groups in total. The molecule has 0 spiro atoms. The molecule has 2 aromatic rings. The molecule has 0 aliphatic carbocycles. The SMILES string of the molecule is CC1Cc2ccccc2N1CC#Cc1ccccc1F. The predicted octanol–water partition coefficient (Wildman–Crippen LogP) is 3.63. The predicted molar refractivity (Wildman–Crippen MR) is 80.2 cm³/mol. The van der Waals surface area contributed by atoms with E-state index in [0.717, 1.165) is 6.42 Å². The van der Waals surface area contributed by atoms with Gasteiger partial charge in [-0.3, -0.25) is 0 Å². The standard InChI is InChI=1S/C18H16FN/c1-14-13-16-8-3-5-11-18(16)20(14)12-6-9-15-7-2-4-10-17(15)19/h2-5,7-8,10-11,14H,12-13H2,1H3. The molecule has 0 bridgehead atoms. The Balaban J connectivity index is 1.79. The van der Waals surface area contributed by atoms with E-state index in [9.17, 15) is 4.39 Å². The normalized spacial score (nSPS) is 16.5. The minimum atomic E-state index is -0.255. The van der Waals surface area contributed by atoms with Gasteiger partial charge in [0.05, 0.1) is 12.1 Å². The van der Waals surface area contributed by atoms with Crippen LogP contribution in [0.25, 0.3) is 0 Å². The number of halogens is 1. The van der Waals surface area contributed by atoms with Gasteiger partial charge < -0.3 is 4.90 Å². The lowest BCUT2D eigenvalue weighted by atomic mass is 10.1. The first-order valence-electron chi connectivity index (χ1n) is 6.83. The fourth-order valence-corrected chi connectivity index (χ4v) is 2.65. The summed E-state index contributed by atoms with van der Waals surface area (Å²) >= 11 is 0. The van der Waals surface area contributed by atoms with Gasteiger partial charge in [-0.05, 0) is 37.1 Å². The van der Waals surface area contributed by atoms with Crippen LogP contribution in [0, 0.1) is 17.7 Å². The van der Waals surface area contributed by atoms with Gasteiger partial charge in [-0.1, -0.05) is 42.2 Å². The monoisotopic (exact) mass is 265 g/mol. The first-order valence-corrected chi connectivity index (χ1v) is 6.83. The van der Waals surface area contributed by atoms with E-state index < -0.39 is 0 Å². The van der Waals surface area contributed by atoms with Gasteiger partial charge in [-0.25, -0.2) is 4.39 Å². The summed E-state index contributed by atoms with van der Waals surface area (Å²) in [5.41, 5.74) is 3.09. The molecule has 0 fully saturated rings. The van der Waals surface area contributed by atoms with E-state index in [2.05, 4.69) is 41.9 Å². The molecular weight excluding hydrogens is 249 g/mol. The minimum absolute atomic E-state index is 0.255. The van der Waals surface area contributed by atoms with Crippen LogP contribution < -0.4 is 4.90 Å². The van der Waals surface area contributed by atoms with E-state index in [0.29, 0.717) is 18.2 Å². The van der Waals surface area contributed by atoms with E-state index in [1.807, 2.05) is 6.07 Å². The minimum Gasteiger partial charge on any atom is -0.357 e. The van der Waals surface area contributed by atoms with Gasteiger partial charge in [0.2, 0.25) is 0 Å². The van der Waals surface area contributed by atoms with Crippen molar-refractivity contribution in [2.24, 2.45) is 0 Å². The third kappa shape index (κ3) is 2.40. The molecule has 1 unspecified atom stereocenters. The van der Waals surface area contributed by atoms with Crippen LogP contribution in [0.5, 0.6) is 0 Å². The highest BCUT2D eigenvalue weighted by atomic mass is 19.1. The lowest BCUT2D eigenvalue weighted by Crippen LogP contribution is -2.29. The van der Waals surface area contributed by atoms with E-state index in [1.54, 1.807) is 18.2 Å². The zero-order valence-corrected chi connectivity index (χ0v) is 11.4. The molecule has 2 aromatic carbocycles. The Morgan fingerprint density at radius 1 is 1.15 bits per heavy atom. The third-order valence-corrected chi connectivity index (χ3v) is 3.69. The Labute approximate surface area is 119 Å². The second-order valence-corrected chi connectivity index (χ2v) is 5.09. The van der Waals surface area contributed by atoms with Crippen molar-refractivity contribution in [3.05, 3.63) is 65.5 Å². The van der Waals surface area contributed by atoms with E-state index in [-0.39, 0.29) is 5.82 Å². The van der Waals surface area contributed by atoms with Gasteiger partial charge in [0.1, 0.15) is 5.82 Å². The van der Waals surface area contributed by atoms with Crippen molar-refractivity contribution in [3.63, 3.8) is 0 Å². The molecule has 0 saturated heterocycles. The van der Waals surface area contributed by atoms with Crippen molar-refractivity contribution < 1.29 is 4.39 Å².